The highest BCUT2D eigenvalue weighted by molar-refractivity contribution is 6.42. The van der Waals surface area contributed by atoms with Gasteiger partial charge in [-0.15, -0.1) is 0 Å². The number of amides is 1. The molecule has 9 nitrogen and oxygen atoms in total. The molecule has 1 aliphatic rings. The zero-order valence-corrected chi connectivity index (χ0v) is 37.3. The van der Waals surface area contributed by atoms with Crippen LogP contribution in [0.1, 0.15) is 59.9 Å². The monoisotopic (exact) mass is 873 g/mol. The van der Waals surface area contributed by atoms with Crippen molar-refractivity contribution in [3.8, 4) is 28.4 Å². The van der Waals surface area contributed by atoms with Crippen molar-refractivity contribution in [2.75, 3.05) is 13.7 Å². The quantitative estimate of drug-likeness (QED) is 0.0662. The zero-order valence-electron chi connectivity index (χ0n) is 35.8. The van der Waals surface area contributed by atoms with E-state index in [1.54, 1.807) is 18.3 Å². The van der Waals surface area contributed by atoms with E-state index in [4.69, 9.17) is 42.1 Å². The standard InChI is InChI=1S/C51H53Cl2N3O6/c1-7-9-10-11-32(3)44(8-2)55-45(50(57)56-46(51(58)59-6)27-35-12-16-38(17-13-35)41-24-25-54-34(5)33(41)4)28-36-15-23-47-48(29-36)61-31-49(62-47)39-18-20-40(21-19-39)60-30-37-14-22-42(52)43(53)26-37/h7,9-26,29,44-46,49,55H,3,8,27-28,30-31H2,1-2,4-6H3,(H,56,57)/b9-7-,11-10-/t44-,45-,46-,49+/m0/s1. The lowest BCUT2D eigenvalue weighted by Gasteiger charge is -2.29. The van der Waals surface area contributed by atoms with Gasteiger partial charge in [-0.3, -0.25) is 15.1 Å². The Morgan fingerprint density at radius 3 is 2.31 bits per heavy atom. The lowest BCUT2D eigenvalue weighted by Crippen LogP contribution is -2.54. The molecule has 4 atom stereocenters. The SMILES string of the molecule is C=C(/C=C\C=C/C)[C@H](CC)N[C@@H](Cc1ccc2c(c1)OC[C@H](c1ccc(OCc3ccc(Cl)c(Cl)c3)cc1)O2)C(=O)N[C@@H](Cc1ccc(-c2ccnc(C)c2C)cc1)C(=O)OC. The van der Waals surface area contributed by atoms with Crippen LogP contribution < -0.4 is 24.8 Å². The summed E-state index contributed by atoms with van der Waals surface area (Å²) in [7, 11) is 1.33. The number of methoxy groups -OCH3 is 1. The summed E-state index contributed by atoms with van der Waals surface area (Å²) >= 11 is 12.2. The van der Waals surface area contributed by atoms with Gasteiger partial charge in [0.2, 0.25) is 5.91 Å². The molecule has 1 aliphatic heterocycles. The zero-order chi connectivity index (χ0) is 44.2. The van der Waals surface area contributed by atoms with Crippen molar-refractivity contribution in [3.63, 3.8) is 0 Å². The third-order valence-corrected chi connectivity index (χ3v) is 11.6. The number of aryl methyl sites for hydroxylation is 1. The van der Waals surface area contributed by atoms with Crippen LogP contribution in [0.4, 0.5) is 0 Å². The highest BCUT2D eigenvalue weighted by Gasteiger charge is 2.30. The van der Waals surface area contributed by atoms with Crippen molar-refractivity contribution in [1.82, 2.24) is 15.6 Å². The maximum atomic E-state index is 14.3. The average molecular weight is 875 g/mol. The van der Waals surface area contributed by atoms with Crippen LogP contribution in [0.25, 0.3) is 11.1 Å². The van der Waals surface area contributed by atoms with E-state index in [9.17, 15) is 9.59 Å². The van der Waals surface area contributed by atoms with E-state index >= 15 is 0 Å². The number of hydrogen-bond donors (Lipinski definition) is 2. The molecule has 0 bridgehead atoms. The van der Waals surface area contributed by atoms with Gasteiger partial charge < -0.3 is 24.3 Å². The number of carbonyl (C=O) groups is 2. The molecule has 322 valence electrons. The molecule has 2 heterocycles. The van der Waals surface area contributed by atoms with Gasteiger partial charge in [-0.25, -0.2) is 4.79 Å². The van der Waals surface area contributed by atoms with Crippen LogP contribution in [0.2, 0.25) is 10.0 Å². The number of hydrogen-bond acceptors (Lipinski definition) is 8. The smallest absolute Gasteiger partial charge is 0.328 e. The first-order chi connectivity index (χ1) is 30.0. The lowest BCUT2D eigenvalue weighted by molar-refractivity contribution is -0.145. The normalized spacial score (nSPS) is 14.9. The Hall–Kier alpha value is -5.87. The first-order valence-electron chi connectivity index (χ1n) is 20.7. The summed E-state index contributed by atoms with van der Waals surface area (Å²) in [5.41, 5.74) is 8.61. The topological polar surface area (TPSA) is 108 Å². The molecule has 1 amide bonds. The molecule has 5 aromatic rings. The molecule has 0 fully saturated rings. The molecule has 0 unspecified atom stereocenters. The van der Waals surface area contributed by atoms with Crippen LogP contribution in [-0.2, 0) is 33.8 Å². The Bertz CT molecular complexity index is 2410. The fourth-order valence-electron chi connectivity index (χ4n) is 7.20. The molecule has 0 aliphatic carbocycles. The van der Waals surface area contributed by atoms with Gasteiger partial charge in [0, 0.05) is 24.4 Å². The number of benzene rings is 4. The van der Waals surface area contributed by atoms with E-state index in [1.807, 2.05) is 124 Å². The molecular formula is C51H53Cl2N3O6. The second-order valence-electron chi connectivity index (χ2n) is 15.2. The minimum absolute atomic E-state index is 0.220. The number of fused-ring (bicyclic) bond motifs is 1. The molecule has 62 heavy (non-hydrogen) atoms. The predicted octanol–water partition coefficient (Wildman–Crippen LogP) is 10.6. The summed E-state index contributed by atoms with van der Waals surface area (Å²) in [5, 5.41) is 7.53. The van der Waals surface area contributed by atoms with E-state index in [0.717, 1.165) is 50.2 Å². The fraction of sp³-hybridized carbons (Fsp3) is 0.275. The summed E-state index contributed by atoms with van der Waals surface area (Å²) in [6, 6.07) is 26.9. The Labute approximate surface area is 374 Å². The Morgan fingerprint density at radius 2 is 1.60 bits per heavy atom. The van der Waals surface area contributed by atoms with Crippen molar-refractivity contribution < 1.29 is 28.5 Å². The van der Waals surface area contributed by atoms with Crippen LogP contribution in [0.15, 0.2) is 134 Å². The minimum atomic E-state index is -0.925. The molecule has 6 rings (SSSR count). The van der Waals surface area contributed by atoms with E-state index < -0.39 is 18.1 Å². The summed E-state index contributed by atoms with van der Waals surface area (Å²) in [6.45, 7) is 13.0. The number of esters is 1. The molecule has 0 saturated heterocycles. The number of rotatable bonds is 18. The van der Waals surface area contributed by atoms with Gasteiger partial charge in [0.05, 0.1) is 23.2 Å². The molecule has 0 saturated carbocycles. The van der Waals surface area contributed by atoms with Crippen LogP contribution in [0.5, 0.6) is 17.2 Å². The number of nitrogens with zero attached hydrogens (tertiary/aromatic N) is 1. The predicted molar refractivity (Wildman–Crippen MR) is 247 cm³/mol. The second kappa shape index (κ2) is 21.8. The van der Waals surface area contributed by atoms with Crippen molar-refractivity contribution in [2.45, 2.75) is 77.8 Å². The maximum absolute atomic E-state index is 14.3. The number of pyridine rings is 1. The molecule has 11 heteroatoms. The molecule has 4 aromatic carbocycles. The van der Waals surface area contributed by atoms with E-state index in [1.165, 1.54) is 7.11 Å². The van der Waals surface area contributed by atoms with Crippen LogP contribution in [0.3, 0.4) is 0 Å². The number of halogens is 2. The number of aromatic nitrogens is 1. The summed E-state index contributed by atoms with van der Waals surface area (Å²) in [4.78, 5) is 31.9. The lowest BCUT2D eigenvalue weighted by atomic mass is 9.97. The summed E-state index contributed by atoms with van der Waals surface area (Å²) in [6.07, 6.45) is 10.4. The van der Waals surface area contributed by atoms with Crippen molar-refractivity contribution in [3.05, 3.63) is 177 Å². The van der Waals surface area contributed by atoms with Crippen LogP contribution in [-0.4, -0.2) is 48.7 Å². The highest BCUT2D eigenvalue weighted by atomic mass is 35.5. The van der Waals surface area contributed by atoms with Crippen LogP contribution in [0, 0.1) is 13.8 Å². The number of nitrogens with one attached hydrogen (secondary N) is 2. The maximum Gasteiger partial charge on any atom is 0.328 e. The fourth-order valence-corrected chi connectivity index (χ4v) is 7.52. The second-order valence-corrected chi connectivity index (χ2v) is 16.0. The van der Waals surface area contributed by atoms with Gasteiger partial charge in [0.15, 0.2) is 17.6 Å². The van der Waals surface area contributed by atoms with E-state index in [2.05, 4.69) is 29.1 Å². The van der Waals surface area contributed by atoms with Crippen molar-refractivity contribution in [1.29, 1.82) is 0 Å². The summed E-state index contributed by atoms with van der Waals surface area (Å²) in [5.74, 6) is 1.00. The van der Waals surface area contributed by atoms with Gasteiger partial charge >= 0.3 is 5.97 Å². The molecule has 0 radical (unpaired) electrons. The van der Waals surface area contributed by atoms with E-state index in [0.29, 0.717) is 53.3 Å². The highest BCUT2D eigenvalue weighted by Crippen LogP contribution is 2.38. The van der Waals surface area contributed by atoms with Crippen molar-refractivity contribution in [2.24, 2.45) is 0 Å². The Morgan fingerprint density at radius 1 is 0.871 bits per heavy atom. The molecule has 0 spiro atoms. The third kappa shape index (κ3) is 11.9. The number of ether oxygens (including phenoxy) is 4. The molecular weight excluding hydrogens is 821 g/mol. The minimum Gasteiger partial charge on any atom is -0.489 e. The largest absolute Gasteiger partial charge is 0.489 e. The van der Waals surface area contributed by atoms with Gasteiger partial charge in [0.25, 0.3) is 0 Å². The first-order valence-corrected chi connectivity index (χ1v) is 21.4. The van der Waals surface area contributed by atoms with Gasteiger partial charge in [0.1, 0.15) is 25.0 Å². The number of allylic oxidation sites excluding steroid dienone is 3. The van der Waals surface area contributed by atoms with E-state index in [-0.39, 0.29) is 24.5 Å². The molecule has 1 aromatic heterocycles. The average Bonchev–Trinajstić information content (AvgIpc) is 3.28. The van der Waals surface area contributed by atoms with Crippen molar-refractivity contribution >= 4 is 35.1 Å². The third-order valence-electron chi connectivity index (χ3n) is 10.9. The molecule has 2 N–H and O–H groups in total. The van der Waals surface area contributed by atoms with Crippen LogP contribution >= 0.6 is 23.2 Å². The van der Waals surface area contributed by atoms with Gasteiger partial charge in [-0.2, -0.15) is 0 Å². The Kier molecular flexibility index (Phi) is 16.0. The summed E-state index contributed by atoms with van der Waals surface area (Å²) < 4.78 is 23.8. The van der Waals surface area contributed by atoms with Gasteiger partial charge in [-0.1, -0.05) is 110 Å². The first kappa shape index (κ1) is 45.7. The van der Waals surface area contributed by atoms with Gasteiger partial charge in [-0.05, 0) is 121 Å². The Balaban J connectivity index is 1.15. The number of carbonyl (C=O) groups excluding carboxylic acids is 2.